The van der Waals surface area contributed by atoms with Crippen molar-refractivity contribution in [3.63, 3.8) is 0 Å². The van der Waals surface area contributed by atoms with Gasteiger partial charge in [0.2, 0.25) is 17.5 Å². The van der Waals surface area contributed by atoms with E-state index in [0.29, 0.717) is 0 Å². The summed E-state index contributed by atoms with van der Waals surface area (Å²) in [6.07, 6.45) is 2.24. The van der Waals surface area contributed by atoms with Crippen molar-refractivity contribution in [1.29, 1.82) is 0 Å². The number of carbonyl (C=O) groups is 2. The lowest BCUT2D eigenvalue weighted by atomic mass is 9.99. The van der Waals surface area contributed by atoms with Gasteiger partial charge in [0.05, 0.1) is 11.3 Å². The van der Waals surface area contributed by atoms with Crippen molar-refractivity contribution < 1.29 is 9.59 Å². The van der Waals surface area contributed by atoms with Crippen molar-refractivity contribution in [2.24, 2.45) is 5.73 Å². The van der Waals surface area contributed by atoms with Crippen LogP contribution in [0.2, 0.25) is 0 Å². The molecule has 1 aromatic rings. The topological polar surface area (TPSA) is 112 Å². The van der Waals surface area contributed by atoms with Gasteiger partial charge in [0, 0.05) is 12.3 Å². The van der Waals surface area contributed by atoms with Crippen LogP contribution in [-0.2, 0) is 4.79 Å². The molecular weight excluding hydrogens is 184 g/mol. The van der Waals surface area contributed by atoms with E-state index in [2.05, 4.69) is 9.97 Å². The molecule has 0 fully saturated rings. The van der Waals surface area contributed by atoms with Gasteiger partial charge >= 0.3 is 0 Å². The van der Waals surface area contributed by atoms with Crippen molar-refractivity contribution in [3.05, 3.63) is 23.5 Å². The molecule has 6 heteroatoms. The van der Waals surface area contributed by atoms with Crippen molar-refractivity contribution in [2.75, 3.05) is 5.73 Å². The van der Waals surface area contributed by atoms with E-state index in [9.17, 15) is 9.59 Å². The Morgan fingerprint density at radius 2 is 1.93 bits per heavy atom. The molecule has 0 radical (unpaired) electrons. The lowest BCUT2D eigenvalue weighted by Gasteiger charge is -2.10. The second-order valence-electron chi connectivity index (χ2n) is 2.78. The fraction of sp³-hybridized carbons (Fsp3) is 0. The van der Waals surface area contributed by atoms with E-state index in [1.807, 2.05) is 0 Å². The Bertz CT molecular complexity index is 478. The number of carbonyl (C=O) groups excluding carboxylic acids is 2. The van der Waals surface area contributed by atoms with Gasteiger partial charge in [-0.15, -0.1) is 0 Å². The van der Waals surface area contributed by atoms with Crippen molar-refractivity contribution in [1.82, 2.24) is 9.97 Å². The fourth-order valence-corrected chi connectivity index (χ4v) is 1.19. The number of nitrogens with zero attached hydrogens (tertiary/aromatic N) is 2. The van der Waals surface area contributed by atoms with E-state index in [0.717, 1.165) is 6.08 Å². The molecular formula is C8H6N4O2. The van der Waals surface area contributed by atoms with E-state index < -0.39 is 11.6 Å². The number of aromatic nitrogens is 2. The maximum atomic E-state index is 11.3. The lowest BCUT2D eigenvalue weighted by Crippen LogP contribution is -2.23. The second-order valence-corrected chi connectivity index (χ2v) is 2.78. The Balaban J connectivity index is 2.72. The molecule has 0 atom stereocenters. The monoisotopic (exact) mass is 190 g/mol. The van der Waals surface area contributed by atoms with E-state index in [1.165, 1.54) is 6.20 Å². The van der Waals surface area contributed by atoms with Crippen molar-refractivity contribution in [2.45, 2.75) is 0 Å². The van der Waals surface area contributed by atoms with Gasteiger partial charge in [-0.1, -0.05) is 0 Å². The van der Waals surface area contributed by atoms with Crippen molar-refractivity contribution in [3.8, 4) is 0 Å². The smallest absolute Gasteiger partial charge is 0.236 e. The Hall–Kier alpha value is -2.24. The number of nitrogens with two attached hydrogens (primary N) is 2. The molecule has 4 N–H and O–H groups in total. The third-order valence-electron chi connectivity index (χ3n) is 1.84. The predicted octanol–water partition coefficient (Wildman–Crippen LogP) is -0.876. The molecule has 0 unspecified atom stereocenters. The molecule has 14 heavy (non-hydrogen) atoms. The van der Waals surface area contributed by atoms with Crippen LogP contribution >= 0.6 is 0 Å². The number of hydrogen-bond donors (Lipinski definition) is 2. The molecule has 0 aliphatic heterocycles. The number of ketones is 2. The third kappa shape index (κ3) is 1.05. The number of rotatable bonds is 0. The first-order valence-corrected chi connectivity index (χ1v) is 3.78. The molecule has 1 aromatic heterocycles. The standard InChI is InChI=1S/C8H6N4O2/c9-4-1-5(13)7(14)3-2-11-8(10)12-6(3)4/h1-2H,9H2,(H2,10,11,12). The Labute approximate surface area is 78.6 Å². The highest BCUT2D eigenvalue weighted by molar-refractivity contribution is 6.50. The van der Waals surface area contributed by atoms with E-state index in [1.54, 1.807) is 0 Å². The molecule has 6 nitrogen and oxygen atoms in total. The Morgan fingerprint density at radius 3 is 2.64 bits per heavy atom. The summed E-state index contributed by atoms with van der Waals surface area (Å²) in [4.78, 5) is 29.8. The zero-order valence-corrected chi connectivity index (χ0v) is 7.02. The number of nitrogen functional groups attached to an aromatic ring is 1. The summed E-state index contributed by atoms with van der Waals surface area (Å²) in [5.74, 6) is -1.31. The number of Topliss-reactive ketones (excluding diaryl/α,β-unsaturated/α-hetero) is 1. The van der Waals surface area contributed by atoms with E-state index in [-0.39, 0.29) is 22.9 Å². The van der Waals surface area contributed by atoms with Crippen LogP contribution in [0.1, 0.15) is 16.1 Å². The van der Waals surface area contributed by atoms with Gasteiger partial charge in [-0.25, -0.2) is 9.97 Å². The van der Waals surface area contributed by atoms with E-state index in [4.69, 9.17) is 11.5 Å². The van der Waals surface area contributed by atoms with Crippen LogP contribution in [0.15, 0.2) is 12.3 Å². The van der Waals surface area contributed by atoms with Crippen molar-refractivity contribution >= 4 is 23.2 Å². The predicted molar refractivity (Wildman–Crippen MR) is 47.9 cm³/mol. The second kappa shape index (κ2) is 2.63. The van der Waals surface area contributed by atoms with Crippen LogP contribution in [0.3, 0.4) is 0 Å². The minimum atomic E-state index is -0.664. The molecule has 0 saturated carbocycles. The zero-order chi connectivity index (χ0) is 10.3. The summed E-state index contributed by atoms with van der Waals surface area (Å²) in [6.45, 7) is 0. The van der Waals surface area contributed by atoms with Gasteiger partial charge in [0.1, 0.15) is 5.69 Å². The van der Waals surface area contributed by atoms with Gasteiger partial charge in [-0.2, -0.15) is 0 Å². The minimum absolute atomic E-state index is 0.0160. The van der Waals surface area contributed by atoms with Crippen LogP contribution in [0, 0.1) is 0 Å². The largest absolute Gasteiger partial charge is 0.397 e. The van der Waals surface area contributed by atoms with Gasteiger partial charge < -0.3 is 11.5 Å². The van der Waals surface area contributed by atoms with Gasteiger partial charge in [-0.3, -0.25) is 9.59 Å². The number of fused-ring (bicyclic) bond motifs is 1. The summed E-state index contributed by atoms with van der Waals surface area (Å²) >= 11 is 0. The number of allylic oxidation sites excluding steroid dienone is 1. The molecule has 0 aromatic carbocycles. The summed E-state index contributed by atoms with van der Waals surface area (Å²) in [5, 5.41) is 0. The van der Waals surface area contributed by atoms with Gasteiger partial charge in [-0.05, 0) is 0 Å². The summed E-state index contributed by atoms with van der Waals surface area (Å²) in [6, 6.07) is 0. The average molecular weight is 190 g/mol. The molecule has 2 rings (SSSR count). The van der Waals surface area contributed by atoms with Crippen LogP contribution in [0.25, 0.3) is 5.70 Å². The van der Waals surface area contributed by atoms with Crippen LogP contribution in [0.5, 0.6) is 0 Å². The quantitative estimate of drug-likeness (QED) is 0.514. The van der Waals surface area contributed by atoms with E-state index >= 15 is 0 Å². The summed E-state index contributed by atoms with van der Waals surface area (Å²) < 4.78 is 0. The highest BCUT2D eigenvalue weighted by Crippen LogP contribution is 2.18. The summed E-state index contributed by atoms with van der Waals surface area (Å²) in [7, 11) is 0. The first kappa shape index (κ1) is 8.36. The number of anilines is 1. The number of hydrogen-bond acceptors (Lipinski definition) is 6. The molecule has 0 amide bonds. The van der Waals surface area contributed by atoms with Crippen LogP contribution < -0.4 is 11.5 Å². The fourth-order valence-electron chi connectivity index (χ4n) is 1.19. The highest BCUT2D eigenvalue weighted by atomic mass is 16.2. The highest BCUT2D eigenvalue weighted by Gasteiger charge is 2.26. The first-order chi connectivity index (χ1) is 6.59. The maximum absolute atomic E-state index is 11.3. The van der Waals surface area contributed by atoms with Crippen LogP contribution in [0.4, 0.5) is 5.95 Å². The SMILES string of the molecule is NC1=CC(=O)C(=O)c2cnc(N)nc21. The van der Waals surface area contributed by atoms with Crippen LogP contribution in [-0.4, -0.2) is 21.5 Å². The molecule has 0 spiro atoms. The lowest BCUT2D eigenvalue weighted by molar-refractivity contribution is -0.111. The molecule has 70 valence electrons. The molecule has 0 saturated heterocycles. The van der Waals surface area contributed by atoms with Gasteiger partial charge in [0.15, 0.2) is 0 Å². The Morgan fingerprint density at radius 1 is 1.21 bits per heavy atom. The molecule has 1 heterocycles. The molecule has 0 bridgehead atoms. The zero-order valence-electron chi connectivity index (χ0n) is 7.02. The average Bonchev–Trinajstić information content (AvgIpc) is 2.14. The maximum Gasteiger partial charge on any atom is 0.236 e. The minimum Gasteiger partial charge on any atom is -0.397 e. The summed E-state index contributed by atoms with van der Waals surface area (Å²) in [5.41, 5.74) is 11.3. The first-order valence-electron chi connectivity index (χ1n) is 3.78. The third-order valence-corrected chi connectivity index (χ3v) is 1.84. The Kier molecular flexibility index (Phi) is 1.57. The van der Waals surface area contributed by atoms with Gasteiger partial charge in [0.25, 0.3) is 0 Å². The molecule has 1 aliphatic rings. The normalized spacial score (nSPS) is 15.0. The molecule has 1 aliphatic carbocycles.